The van der Waals surface area contributed by atoms with Crippen LogP contribution in [0.5, 0.6) is 5.75 Å². The first-order chi connectivity index (χ1) is 8.02. The van der Waals surface area contributed by atoms with Gasteiger partial charge in [-0.3, -0.25) is 4.79 Å². The lowest BCUT2D eigenvalue weighted by Crippen LogP contribution is -2.29. The van der Waals surface area contributed by atoms with Crippen LogP contribution in [0.15, 0.2) is 22.7 Å². The highest BCUT2D eigenvalue weighted by Crippen LogP contribution is 2.25. The van der Waals surface area contributed by atoms with E-state index in [1.807, 2.05) is 25.1 Å². The van der Waals surface area contributed by atoms with E-state index in [9.17, 15) is 4.79 Å². The number of amides is 1. The molecule has 1 aromatic rings. The molecule has 0 radical (unpaired) electrons. The number of benzene rings is 1. The molecule has 0 aliphatic carbocycles. The normalized spacial score (nSPS) is 12.0. The van der Waals surface area contributed by atoms with Crippen molar-refractivity contribution < 1.29 is 9.53 Å². The number of hydrogen-bond acceptors (Lipinski definition) is 3. The van der Waals surface area contributed by atoms with Crippen molar-refractivity contribution in [1.82, 2.24) is 5.32 Å². The predicted octanol–water partition coefficient (Wildman–Crippen LogP) is 1.81. The van der Waals surface area contributed by atoms with Gasteiger partial charge in [0.25, 0.3) is 0 Å². The fourth-order valence-electron chi connectivity index (χ4n) is 1.39. The van der Waals surface area contributed by atoms with E-state index in [1.165, 1.54) is 0 Å². The molecule has 0 aromatic heterocycles. The van der Waals surface area contributed by atoms with Crippen LogP contribution in [0.25, 0.3) is 0 Å². The maximum atomic E-state index is 11.4. The van der Waals surface area contributed by atoms with Crippen molar-refractivity contribution >= 4 is 21.8 Å². The van der Waals surface area contributed by atoms with Gasteiger partial charge in [-0.15, -0.1) is 0 Å². The summed E-state index contributed by atoms with van der Waals surface area (Å²) in [6, 6.07) is 5.58. The lowest BCUT2D eigenvalue weighted by atomic mass is 10.2. The first-order valence-corrected chi connectivity index (χ1v) is 6.17. The summed E-state index contributed by atoms with van der Waals surface area (Å²) in [6.45, 7) is 2.30. The van der Waals surface area contributed by atoms with Crippen LogP contribution in [0.2, 0.25) is 0 Å². The molecule has 1 aromatic carbocycles. The van der Waals surface area contributed by atoms with Gasteiger partial charge in [0.2, 0.25) is 5.91 Å². The summed E-state index contributed by atoms with van der Waals surface area (Å²) in [5.41, 5.74) is 6.55. The highest BCUT2D eigenvalue weighted by Gasteiger charge is 2.05. The quantitative estimate of drug-likeness (QED) is 0.872. The standard InChI is InChI=1S/C12H17BrN2O2/c1-8(14)5-12(16)15-7-9-3-4-11(17-2)10(13)6-9/h3-4,6,8H,5,7,14H2,1-2H3,(H,15,16). The molecule has 0 aliphatic heterocycles. The van der Waals surface area contributed by atoms with E-state index in [4.69, 9.17) is 10.5 Å². The minimum atomic E-state index is -0.113. The predicted molar refractivity (Wildman–Crippen MR) is 70.8 cm³/mol. The van der Waals surface area contributed by atoms with Crippen molar-refractivity contribution in [2.24, 2.45) is 5.73 Å². The molecule has 1 rings (SSSR count). The molecule has 0 heterocycles. The van der Waals surface area contributed by atoms with Crippen molar-refractivity contribution in [3.05, 3.63) is 28.2 Å². The number of methoxy groups -OCH3 is 1. The molecule has 0 bridgehead atoms. The highest BCUT2D eigenvalue weighted by molar-refractivity contribution is 9.10. The number of ether oxygens (including phenoxy) is 1. The Morgan fingerprint density at radius 3 is 2.82 bits per heavy atom. The molecule has 0 spiro atoms. The maximum Gasteiger partial charge on any atom is 0.221 e. The molecule has 1 unspecified atom stereocenters. The molecule has 0 saturated carbocycles. The molecule has 0 aliphatic rings. The number of nitrogens with one attached hydrogen (secondary N) is 1. The Hall–Kier alpha value is -1.07. The molecule has 3 N–H and O–H groups in total. The molecule has 0 saturated heterocycles. The number of rotatable bonds is 5. The van der Waals surface area contributed by atoms with E-state index in [-0.39, 0.29) is 11.9 Å². The summed E-state index contributed by atoms with van der Waals surface area (Å²) >= 11 is 3.40. The molecule has 1 amide bonds. The van der Waals surface area contributed by atoms with Crippen LogP contribution >= 0.6 is 15.9 Å². The van der Waals surface area contributed by atoms with Crippen LogP contribution in [0.1, 0.15) is 18.9 Å². The fourth-order valence-corrected chi connectivity index (χ4v) is 1.97. The smallest absolute Gasteiger partial charge is 0.221 e. The lowest BCUT2D eigenvalue weighted by Gasteiger charge is -2.09. The van der Waals surface area contributed by atoms with Crippen molar-refractivity contribution in [3.63, 3.8) is 0 Å². The summed E-state index contributed by atoms with van der Waals surface area (Å²) in [4.78, 5) is 11.4. The van der Waals surface area contributed by atoms with E-state index in [0.29, 0.717) is 13.0 Å². The average Bonchev–Trinajstić information content (AvgIpc) is 2.25. The molecular formula is C12H17BrN2O2. The third-order valence-electron chi connectivity index (χ3n) is 2.21. The second kappa shape index (κ2) is 6.61. The second-order valence-corrected chi connectivity index (χ2v) is 4.78. The van der Waals surface area contributed by atoms with Gasteiger partial charge in [-0.1, -0.05) is 6.07 Å². The van der Waals surface area contributed by atoms with Crippen LogP contribution in [0, 0.1) is 0 Å². The summed E-state index contributed by atoms with van der Waals surface area (Å²) in [6.07, 6.45) is 0.345. The van der Waals surface area contributed by atoms with Gasteiger partial charge < -0.3 is 15.8 Å². The number of carbonyl (C=O) groups is 1. The van der Waals surface area contributed by atoms with Crippen LogP contribution < -0.4 is 15.8 Å². The first-order valence-electron chi connectivity index (χ1n) is 5.37. The average molecular weight is 301 g/mol. The molecule has 1 atom stereocenters. The molecule has 5 heteroatoms. The Labute approximate surface area is 110 Å². The summed E-state index contributed by atoms with van der Waals surface area (Å²) in [7, 11) is 1.62. The van der Waals surface area contributed by atoms with Gasteiger partial charge >= 0.3 is 0 Å². The Morgan fingerprint density at radius 2 is 2.29 bits per heavy atom. The zero-order chi connectivity index (χ0) is 12.8. The van der Waals surface area contributed by atoms with Gasteiger partial charge in [-0.25, -0.2) is 0 Å². The van der Waals surface area contributed by atoms with Gasteiger partial charge in [0, 0.05) is 19.0 Å². The molecule has 17 heavy (non-hydrogen) atoms. The highest BCUT2D eigenvalue weighted by atomic mass is 79.9. The van der Waals surface area contributed by atoms with Gasteiger partial charge in [0.1, 0.15) is 5.75 Å². The van der Waals surface area contributed by atoms with E-state index >= 15 is 0 Å². The SMILES string of the molecule is COc1ccc(CNC(=O)CC(C)N)cc1Br. The zero-order valence-electron chi connectivity index (χ0n) is 10.00. The first kappa shape index (κ1) is 14.0. The lowest BCUT2D eigenvalue weighted by molar-refractivity contribution is -0.121. The molecule has 0 fully saturated rings. The second-order valence-electron chi connectivity index (χ2n) is 3.93. The number of nitrogens with two attached hydrogens (primary N) is 1. The van der Waals surface area contributed by atoms with Crippen molar-refractivity contribution in [2.45, 2.75) is 25.9 Å². The monoisotopic (exact) mass is 300 g/mol. The minimum absolute atomic E-state index is 0.0352. The maximum absolute atomic E-state index is 11.4. The summed E-state index contributed by atoms with van der Waals surface area (Å²) in [5, 5.41) is 2.81. The van der Waals surface area contributed by atoms with Gasteiger partial charge in [0.05, 0.1) is 11.6 Å². The Morgan fingerprint density at radius 1 is 1.59 bits per heavy atom. The zero-order valence-corrected chi connectivity index (χ0v) is 11.6. The van der Waals surface area contributed by atoms with Crippen molar-refractivity contribution in [2.75, 3.05) is 7.11 Å². The minimum Gasteiger partial charge on any atom is -0.496 e. The van der Waals surface area contributed by atoms with E-state index in [2.05, 4.69) is 21.2 Å². The van der Waals surface area contributed by atoms with Crippen LogP contribution in [0.3, 0.4) is 0 Å². The van der Waals surface area contributed by atoms with Gasteiger partial charge in [-0.2, -0.15) is 0 Å². The van der Waals surface area contributed by atoms with Crippen molar-refractivity contribution in [3.8, 4) is 5.75 Å². The Bertz CT molecular complexity index is 394. The molecular weight excluding hydrogens is 284 g/mol. The van der Waals surface area contributed by atoms with E-state index < -0.39 is 0 Å². The largest absolute Gasteiger partial charge is 0.496 e. The molecule has 94 valence electrons. The third-order valence-corrected chi connectivity index (χ3v) is 2.83. The topological polar surface area (TPSA) is 64.3 Å². The van der Waals surface area contributed by atoms with Crippen LogP contribution in [-0.4, -0.2) is 19.1 Å². The fraction of sp³-hybridized carbons (Fsp3) is 0.417. The van der Waals surface area contributed by atoms with Gasteiger partial charge in [-0.05, 0) is 40.5 Å². The van der Waals surface area contributed by atoms with E-state index in [1.54, 1.807) is 7.11 Å². The van der Waals surface area contributed by atoms with E-state index in [0.717, 1.165) is 15.8 Å². The van der Waals surface area contributed by atoms with Crippen LogP contribution in [-0.2, 0) is 11.3 Å². The summed E-state index contributed by atoms with van der Waals surface area (Å²) < 4.78 is 6.00. The molecule has 4 nitrogen and oxygen atoms in total. The Balaban J connectivity index is 2.52. The van der Waals surface area contributed by atoms with Gasteiger partial charge in [0.15, 0.2) is 0 Å². The third kappa shape index (κ3) is 4.75. The summed E-state index contributed by atoms with van der Waals surface area (Å²) in [5.74, 6) is 0.739. The number of hydrogen-bond donors (Lipinski definition) is 2. The Kier molecular flexibility index (Phi) is 5.44. The van der Waals surface area contributed by atoms with Crippen molar-refractivity contribution in [1.29, 1.82) is 0 Å². The number of carbonyl (C=O) groups excluding carboxylic acids is 1. The van der Waals surface area contributed by atoms with Crippen LogP contribution in [0.4, 0.5) is 0 Å². The number of halogens is 1.